The highest BCUT2D eigenvalue weighted by Gasteiger charge is 2.29. The molecular formula is C33H45N7O5. The number of hydrogen-bond donors (Lipinski definition) is 2. The van der Waals surface area contributed by atoms with Crippen molar-refractivity contribution >= 4 is 22.8 Å². The lowest BCUT2D eigenvalue weighted by Gasteiger charge is -2.32. The average molecular weight is 620 g/mol. The van der Waals surface area contributed by atoms with Crippen molar-refractivity contribution in [3.63, 3.8) is 0 Å². The first-order chi connectivity index (χ1) is 21.9. The van der Waals surface area contributed by atoms with Crippen molar-refractivity contribution < 1.29 is 23.9 Å². The van der Waals surface area contributed by atoms with Gasteiger partial charge in [0.05, 0.1) is 31.0 Å². The molecule has 1 aromatic carbocycles. The van der Waals surface area contributed by atoms with Gasteiger partial charge in [-0.05, 0) is 61.5 Å². The molecule has 0 amide bonds. The zero-order valence-electron chi connectivity index (χ0n) is 26.5. The molecule has 1 fully saturated rings. The molecule has 45 heavy (non-hydrogen) atoms. The highest BCUT2D eigenvalue weighted by Crippen LogP contribution is 2.33. The van der Waals surface area contributed by atoms with E-state index in [1.54, 1.807) is 18.2 Å². The third-order valence-electron chi connectivity index (χ3n) is 8.62. The molecule has 4 aromatic rings. The Morgan fingerprint density at radius 2 is 1.80 bits per heavy atom. The number of carbonyl (C=O) groups excluding carboxylic acids is 1. The molecule has 3 aromatic heterocycles. The lowest BCUT2D eigenvalue weighted by atomic mass is 9.93. The van der Waals surface area contributed by atoms with Crippen molar-refractivity contribution in [2.45, 2.75) is 77.2 Å². The average Bonchev–Trinajstić information content (AvgIpc) is 3.64. The molecule has 1 atom stereocenters. The molecule has 4 heterocycles. The number of carbonyl (C=O) groups is 1. The number of para-hydroxylation sites is 1. The van der Waals surface area contributed by atoms with Crippen LogP contribution in [-0.4, -0.2) is 74.5 Å². The van der Waals surface area contributed by atoms with Crippen LogP contribution in [0.3, 0.4) is 0 Å². The number of hydrogen-bond acceptors (Lipinski definition) is 11. The number of piperidine rings is 1. The SMILES string of the molecule is COC(=O)C(c1cc(OCCCCCCCCN2CCC(n3nc(N)c4nnc(-c5ccccc5O)cc43)CC2)no1)C(C)C. The fourth-order valence-corrected chi connectivity index (χ4v) is 6.10. The number of fused-ring (bicyclic) bond motifs is 1. The summed E-state index contributed by atoms with van der Waals surface area (Å²) < 4.78 is 18.0. The van der Waals surface area contributed by atoms with Crippen LogP contribution in [0.2, 0.25) is 0 Å². The Morgan fingerprint density at radius 1 is 1.07 bits per heavy atom. The largest absolute Gasteiger partial charge is 0.507 e. The van der Waals surface area contributed by atoms with Crippen LogP contribution in [0.15, 0.2) is 40.9 Å². The number of nitrogen functional groups attached to an aromatic ring is 1. The van der Waals surface area contributed by atoms with Gasteiger partial charge < -0.3 is 29.7 Å². The summed E-state index contributed by atoms with van der Waals surface area (Å²) in [6.07, 6.45) is 8.83. The number of aromatic nitrogens is 5. The molecule has 1 aliphatic rings. The molecule has 0 radical (unpaired) electrons. The number of anilines is 1. The van der Waals surface area contributed by atoms with Crippen LogP contribution in [0.4, 0.5) is 5.82 Å². The number of aromatic hydroxyl groups is 1. The van der Waals surface area contributed by atoms with Crippen molar-refractivity contribution in [1.29, 1.82) is 0 Å². The van der Waals surface area contributed by atoms with Gasteiger partial charge in [-0.3, -0.25) is 9.48 Å². The van der Waals surface area contributed by atoms with Crippen molar-refractivity contribution in [2.24, 2.45) is 5.92 Å². The molecule has 12 nitrogen and oxygen atoms in total. The minimum atomic E-state index is -0.483. The number of unbranched alkanes of at least 4 members (excludes halogenated alkanes) is 5. The molecule has 5 rings (SSSR count). The smallest absolute Gasteiger partial charge is 0.316 e. The second-order valence-corrected chi connectivity index (χ2v) is 12.2. The number of benzene rings is 1. The van der Waals surface area contributed by atoms with E-state index in [0.29, 0.717) is 40.8 Å². The quantitative estimate of drug-likeness (QED) is 0.124. The number of methoxy groups -OCH3 is 1. The number of ether oxygens (including phenoxy) is 2. The van der Waals surface area contributed by atoms with Gasteiger partial charge in [0.25, 0.3) is 5.88 Å². The summed E-state index contributed by atoms with van der Waals surface area (Å²) in [4.78, 5) is 14.6. The third kappa shape index (κ3) is 7.91. The van der Waals surface area contributed by atoms with E-state index >= 15 is 0 Å². The van der Waals surface area contributed by atoms with Crippen LogP contribution in [-0.2, 0) is 9.53 Å². The normalized spacial score (nSPS) is 15.1. The Hall–Kier alpha value is -4.19. The van der Waals surface area contributed by atoms with Crippen molar-refractivity contribution in [3.05, 3.63) is 42.2 Å². The maximum atomic E-state index is 12.1. The molecule has 3 N–H and O–H groups in total. The topological polar surface area (TPSA) is 155 Å². The zero-order chi connectivity index (χ0) is 31.8. The van der Waals surface area contributed by atoms with Gasteiger partial charge in [-0.2, -0.15) is 5.10 Å². The monoisotopic (exact) mass is 619 g/mol. The van der Waals surface area contributed by atoms with E-state index < -0.39 is 5.92 Å². The summed E-state index contributed by atoms with van der Waals surface area (Å²) in [6.45, 7) is 7.62. The lowest BCUT2D eigenvalue weighted by Crippen LogP contribution is -2.35. The van der Waals surface area contributed by atoms with Crippen molar-refractivity contribution in [2.75, 3.05) is 39.1 Å². The highest BCUT2D eigenvalue weighted by molar-refractivity contribution is 5.87. The van der Waals surface area contributed by atoms with E-state index in [-0.39, 0.29) is 23.7 Å². The Labute approximate surface area is 263 Å². The number of nitrogens with zero attached hydrogens (tertiary/aromatic N) is 6. The Kier molecular flexibility index (Phi) is 10.9. The van der Waals surface area contributed by atoms with E-state index in [1.807, 2.05) is 36.7 Å². The van der Waals surface area contributed by atoms with Crippen LogP contribution in [0.5, 0.6) is 11.6 Å². The van der Waals surface area contributed by atoms with Gasteiger partial charge in [0.1, 0.15) is 11.7 Å². The van der Waals surface area contributed by atoms with E-state index in [1.165, 1.54) is 32.8 Å². The van der Waals surface area contributed by atoms with Gasteiger partial charge in [0.15, 0.2) is 17.1 Å². The molecule has 1 unspecified atom stereocenters. The Bertz CT molecular complexity index is 1540. The van der Waals surface area contributed by atoms with Gasteiger partial charge in [0, 0.05) is 24.7 Å². The first-order valence-electron chi connectivity index (χ1n) is 16.0. The summed E-state index contributed by atoms with van der Waals surface area (Å²) >= 11 is 0. The second-order valence-electron chi connectivity index (χ2n) is 12.2. The van der Waals surface area contributed by atoms with Crippen molar-refractivity contribution in [3.8, 4) is 22.9 Å². The molecule has 0 spiro atoms. The minimum Gasteiger partial charge on any atom is -0.507 e. The molecule has 0 saturated carbocycles. The maximum Gasteiger partial charge on any atom is 0.316 e. The number of nitrogens with two attached hydrogens (primary N) is 1. The molecule has 0 aliphatic carbocycles. The third-order valence-corrected chi connectivity index (χ3v) is 8.62. The minimum absolute atomic E-state index is 0.0373. The molecule has 0 bridgehead atoms. The molecule has 1 aliphatic heterocycles. The number of phenolic OH excluding ortho intramolecular Hbond substituents is 1. The van der Waals surface area contributed by atoms with E-state index in [4.69, 9.17) is 19.7 Å². The number of likely N-dealkylation sites (tertiary alicyclic amines) is 1. The number of phenols is 1. The molecule has 242 valence electrons. The highest BCUT2D eigenvalue weighted by atomic mass is 16.5. The van der Waals surface area contributed by atoms with E-state index in [9.17, 15) is 9.90 Å². The lowest BCUT2D eigenvalue weighted by molar-refractivity contribution is -0.144. The van der Waals surface area contributed by atoms with Gasteiger partial charge in [-0.1, -0.05) is 51.7 Å². The van der Waals surface area contributed by atoms with Gasteiger partial charge in [-0.25, -0.2) is 0 Å². The van der Waals surface area contributed by atoms with Gasteiger partial charge in [-0.15, -0.1) is 10.2 Å². The number of esters is 1. The summed E-state index contributed by atoms with van der Waals surface area (Å²) in [5.41, 5.74) is 8.90. The summed E-state index contributed by atoms with van der Waals surface area (Å²) in [5, 5.41) is 27.5. The van der Waals surface area contributed by atoms with Crippen LogP contribution in [0.25, 0.3) is 22.3 Å². The van der Waals surface area contributed by atoms with E-state index in [2.05, 4.69) is 25.4 Å². The van der Waals surface area contributed by atoms with Crippen LogP contribution in [0.1, 0.15) is 82.9 Å². The van der Waals surface area contributed by atoms with Gasteiger partial charge >= 0.3 is 5.97 Å². The standard InChI is InChI=1S/C33H45N7O5/c1-22(2)30(33(42)43-3)28-21-29(38-45-28)44-19-11-7-5-4-6-10-16-39-17-14-23(15-18-39)40-26-20-25(24-12-8-9-13-27(24)41)35-36-31(26)32(34)37-40/h8-9,12-13,20-23,30,41H,4-7,10-11,14-19H2,1-3H3,(H2,34,37). The first kappa shape index (κ1) is 32.2. The summed E-state index contributed by atoms with van der Waals surface area (Å²) in [7, 11) is 1.38. The fraction of sp³-hybridized carbons (Fsp3) is 0.545. The van der Waals surface area contributed by atoms with Crippen LogP contribution >= 0.6 is 0 Å². The van der Waals surface area contributed by atoms with E-state index in [0.717, 1.165) is 50.8 Å². The predicted octanol–water partition coefficient (Wildman–Crippen LogP) is 5.74. The Morgan fingerprint density at radius 3 is 2.53 bits per heavy atom. The second kappa shape index (κ2) is 15.2. The first-order valence-corrected chi connectivity index (χ1v) is 16.0. The number of rotatable bonds is 15. The van der Waals surface area contributed by atoms with Crippen molar-refractivity contribution in [1.82, 2.24) is 30.0 Å². The van der Waals surface area contributed by atoms with Gasteiger partial charge in [0.2, 0.25) is 0 Å². The molecular weight excluding hydrogens is 574 g/mol. The molecule has 1 saturated heterocycles. The van der Waals surface area contributed by atoms with Crippen LogP contribution < -0.4 is 10.5 Å². The fourth-order valence-electron chi connectivity index (χ4n) is 6.10. The Balaban J connectivity index is 0.979. The maximum absolute atomic E-state index is 12.1. The van der Waals surface area contributed by atoms with Crippen LogP contribution in [0, 0.1) is 5.92 Å². The molecule has 12 heteroatoms. The predicted molar refractivity (Wildman–Crippen MR) is 171 cm³/mol. The summed E-state index contributed by atoms with van der Waals surface area (Å²) in [5.74, 6) is 0.672. The zero-order valence-corrected chi connectivity index (χ0v) is 26.5. The summed E-state index contributed by atoms with van der Waals surface area (Å²) in [6, 6.07) is 11.0.